The van der Waals surface area contributed by atoms with E-state index >= 15 is 0 Å². The van der Waals surface area contributed by atoms with Crippen molar-refractivity contribution in [2.24, 2.45) is 5.41 Å². The van der Waals surface area contributed by atoms with E-state index in [2.05, 4.69) is 38.3 Å². The number of nitrogens with zero attached hydrogens (tertiary/aromatic N) is 1. The molecule has 3 nitrogen and oxygen atoms in total. The van der Waals surface area contributed by atoms with Gasteiger partial charge in [0.15, 0.2) is 0 Å². The number of benzene rings is 1. The third kappa shape index (κ3) is 2.81. The summed E-state index contributed by atoms with van der Waals surface area (Å²) in [6, 6.07) is 6.22. The van der Waals surface area contributed by atoms with Gasteiger partial charge in [-0.2, -0.15) is 0 Å². The van der Waals surface area contributed by atoms with Gasteiger partial charge in [-0.25, -0.2) is 0 Å². The monoisotopic (exact) mass is 324 g/mol. The maximum Gasteiger partial charge on any atom is 0.119 e. The van der Waals surface area contributed by atoms with Crippen LogP contribution in [0.4, 0.5) is 0 Å². The van der Waals surface area contributed by atoms with Gasteiger partial charge in [-0.3, -0.25) is 4.90 Å². The molecule has 0 amide bonds. The van der Waals surface area contributed by atoms with Crippen LogP contribution in [0.25, 0.3) is 0 Å². The van der Waals surface area contributed by atoms with Gasteiger partial charge in [0.1, 0.15) is 5.75 Å². The quantitative estimate of drug-likeness (QED) is 0.925. The molecular formula is C15H21BrN2O. The first kappa shape index (κ1) is 13.4. The van der Waals surface area contributed by atoms with E-state index in [9.17, 15) is 0 Å². The van der Waals surface area contributed by atoms with E-state index in [1.807, 2.05) is 6.07 Å². The van der Waals surface area contributed by atoms with Crippen molar-refractivity contribution in [3.63, 3.8) is 0 Å². The maximum absolute atomic E-state index is 5.32. The van der Waals surface area contributed by atoms with Crippen molar-refractivity contribution in [1.29, 1.82) is 0 Å². The summed E-state index contributed by atoms with van der Waals surface area (Å²) >= 11 is 3.65. The predicted octanol–water partition coefficient (Wildman–Crippen LogP) is 2.64. The van der Waals surface area contributed by atoms with Crippen molar-refractivity contribution < 1.29 is 4.74 Å². The largest absolute Gasteiger partial charge is 0.497 e. The minimum absolute atomic E-state index is 0.547. The summed E-state index contributed by atoms with van der Waals surface area (Å²) in [5, 5.41) is 3.51. The van der Waals surface area contributed by atoms with E-state index in [4.69, 9.17) is 4.74 Å². The molecule has 0 saturated carbocycles. The van der Waals surface area contributed by atoms with Gasteiger partial charge in [0.2, 0.25) is 0 Å². The summed E-state index contributed by atoms with van der Waals surface area (Å²) in [6.07, 6.45) is 2.67. The molecule has 4 heteroatoms. The number of likely N-dealkylation sites (tertiary alicyclic amines) is 1. The van der Waals surface area contributed by atoms with Crippen molar-refractivity contribution >= 4 is 15.9 Å². The van der Waals surface area contributed by atoms with Gasteiger partial charge in [-0.15, -0.1) is 0 Å². The molecule has 1 aromatic rings. The molecular weight excluding hydrogens is 304 g/mol. The fourth-order valence-electron chi connectivity index (χ4n) is 3.35. The van der Waals surface area contributed by atoms with Crippen LogP contribution < -0.4 is 10.1 Å². The average Bonchev–Trinajstić information content (AvgIpc) is 3.03. The van der Waals surface area contributed by atoms with Crippen LogP contribution in [0.5, 0.6) is 5.75 Å². The van der Waals surface area contributed by atoms with E-state index in [1.54, 1.807) is 7.11 Å². The Morgan fingerprint density at radius 1 is 1.42 bits per heavy atom. The molecule has 1 unspecified atom stereocenters. The summed E-state index contributed by atoms with van der Waals surface area (Å²) in [7, 11) is 1.72. The molecule has 0 bridgehead atoms. The molecule has 1 atom stereocenters. The van der Waals surface area contributed by atoms with Gasteiger partial charge in [0, 0.05) is 24.1 Å². The van der Waals surface area contributed by atoms with Crippen molar-refractivity contribution in [1.82, 2.24) is 10.2 Å². The number of ether oxygens (including phenoxy) is 1. The molecule has 2 heterocycles. The van der Waals surface area contributed by atoms with Crippen LogP contribution in [-0.4, -0.2) is 38.2 Å². The van der Waals surface area contributed by atoms with Crippen molar-refractivity contribution in [3.8, 4) is 5.75 Å². The third-order valence-corrected chi connectivity index (χ3v) is 5.27. The van der Waals surface area contributed by atoms with Gasteiger partial charge in [-0.1, -0.05) is 15.9 Å². The van der Waals surface area contributed by atoms with Crippen molar-refractivity contribution in [2.75, 3.05) is 33.3 Å². The number of rotatable bonds is 3. The molecule has 1 spiro atoms. The standard InChI is InChI=1S/C15H21BrN2O/c1-19-13-2-3-14(16)12(8-13)9-18-7-5-15(11-18)4-6-17-10-15/h2-3,8,17H,4-7,9-11H2,1H3. The van der Waals surface area contributed by atoms with Crippen molar-refractivity contribution in [3.05, 3.63) is 28.2 Å². The molecule has 104 valence electrons. The van der Waals surface area contributed by atoms with Crippen LogP contribution in [0.15, 0.2) is 22.7 Å². The SMILES string of the molecule is COc1ccc(Br)c(CN2CCC3(CCNC3)C2)c1. The Morgan fingerprint density at radius 2 is 2.32 bits per heavy atom. The summed E-state index contributed by atoms with van der Waals surface area (Å²) < 4.78 is 6.50. The molecule has 2 saturated heterocycles. The average molecular weight is 325 g/mol. The van der Waals surface area contributed by atoms with Gasteiger partial charge >= 0.3 is 0 Å². The number of methoxy groups -OCH3 is 1. The molecule has 1 N–H and O–H groups in total. The van der Waals surface area contributed by atoms with E-state index in [-0.39, 0.29) is 0 Å². The minimum Gasteiger partial charge on any atom is -0.497 e. The predicted molar refractivity (Wildman–Crippen MR) is 80.5 cm³/mol. The molecule has 2 aliphatic heterocycles. The normalized spacial score (nSPS) is 27.3. The van der Waals surface area contributed by atoms with Gasteiger partial charge in [-0.05, 0) is 55.1 Å². The molecule has 19 heavy (non-hydrogen) atoms. The zero-order valence-corrected chi connectivity index (χ0v) is 13.0. The molecule has 1 aromatic carbocycles. The first-order valence-electron chi connectivity index (χ1n) is 6.96. The summed E-state index contributed by atoms with van der Waals surface area (Å²) in [5.74, 6) is 0.939. The third-order valence-electron chi connectivity index (χ3n) is 4.50. The van der Waals surface area contributed by atoms with Crippen LogP contribution in [0.1, 0.15) is 18.4 Å². The fraction of sp³-hybridized carbons (Fsp3) is 0.600. The van der Waals surface area contributed by atoms with Gasteiger partial charge in [0.25, 0.3) is 0 Å². The topological polar surface area (TPSA) is 24.5 Å². The zero-order chi connectivity index (χ0) is 13.3. The highest BCUT2D eigenvalue weighted by atomic mass is 79.9. The zero-order valence-electron chi connectivity index (χ0n) is 11.4. The van der Waals surface area contributed by atoms with Crippen LogP contribution in [0.3, 0.4) is 0 Å². The second kappa shape index (κ2) is 5.43. The Morgan fingerprint density at radius 3 is 3.05 bits per heavy atom. The van der Waals surface area contributed by atoms with E-state index in [0.717, 1.165) is 12.3 Å². The number of nitrogens with one attached hydrogen (secondary N) is 1. The lowest BCUT2D eigenvalue weighted by Crippen LogP contribution is -2.29. The lowest BCUT2D eigenvalue weighted by molar-refractivity contribution is 0.268. The van der Waals surface area contributed by atoms with Crippen LogP contribution in [0, 0.1) is 5.41 Å². The second-order valence-corrected chi connectivity index (χ2v) is 6.70. The highest BCUT2D eigenvalue weighted by Crippen LogP contribution is 2.37. The smallest absolute Gasteiger partial charge is 0.119 e. The molecule has 2 fully saturated rings. The summed E-state index contributed by atoms with van der Waals surface area (Å²) in [4.78, 5) is 2.58. The Bertz CT molecular complexity index is 457. The maximum atomic E-state index is 5.32. The highest BCUT2D eigenvalue weighted by Gasteiger charge is 2.40. The van der Waals surface area contributed by atoms with Gasteiger partial charge in [0.05, 0.1) is 7.11 Å². The summed E-state index contributed by atoms with van der Waals surface area (Å²) in [5.41, 5.74) is 1.87. The van der Waals surface area contributed by atoms with Crippen LogP contribution >= 0.6 is 15.9 Å². The number of hydrogen-bond donors (Lipinski definition) is 1. The minimum atomic E-state index is 0.547. The van der Waals surface area contributed by atoms with E-state index in [1.165, 1.54) is 49.1 Å². The molecule has 0 aromatic heterocycles. The Kier molecular flexibility index (Phi) is 3.83. The van der Waals surface area contributed by atoms with Crippen molar-refractivity contribution in [2.45, 2.75) is 19.4 Å². The van der Waals surface area contributed by atoms with Gasteiger partial charge < -0.3 is 10.1 Å². The number of halogens is 1. The van der Waals surface area contributed by atoms with E-state index in [0.29, 0.717) is 5.41 Å². The Labute approximate surface area is 123 Å². The molecule has 0 aliphatic carbocycles. The fourth-order valence-corrected chi connectivity index (χ4v) is 3.72. The lowest BCUT2D eigenvalue weighted by Gasteiger charge is -2.23. The molecule has 3 rings (SSSR count). The Balaban J connectivity index is 1.69. The summed E-state index contributed by atoms with van der Waals surface area (Å²) in [6.45, 7) is 5.84. The van der Waals surface area contributed by atoms with E-state index < -0.39 is 0 Å². The molecule has 0 radical (unpaired) electrons. The Hall–Kier alpha value is -0.580. The lowest BCUT2D eigenvalue weighted by atomic mass is 9.86. The first-order valence-corrected chi connectivity index (χ1v) is 7.76. The van der Waals surface area contributed by atoms with Crippen LogP contribution in [0.2, 0.25) is 0 Å². The van der Waals surface area contributed by atoms with Crippen LogP contribution in [-0.2, 0) is 6.54 Å². The first-order chi connectivity index (χ1) is 9.21. The number of hydrogen-bond acceptors (Lipinski definition) is 3. The molecule has 2 aliphatic rings. The highest BCUT2D eigenvalue weighted by molar-refractivity contribution is 9.10. The second-order valence-electron chi connectivity index (χ2n) is 5.84.